The van der Waals surface area contributed by atoms with Gasteiger partial charge in [0, 0.05) is 55.4 Å². The van der Waals surface area contributed by atoms with Crippen LogP contribution in [0.1, 0.15) is 89.0 Å². The quantitative estimate of drug-likeness (QED) is 0.114. The second kappa shape index (κ2) is 29.8. The number of rotatable bonds is 13. The van der Waals surface area contributed by atoms with Gasteiger partial charge in [-0.2, -0.15) is 0 Å². The minimum Gasteiger partial charge on any atom is -0.310 e. The molecule has 4 nitrogen and oxygen atoms in total. The summed E-state index contributed by atoms with van der Waals surface area (Å²) in [6.07, 6.45) is 0. The molecule has 3 unspecified atom stereocenters. The van der Waals surface area contributed by atoms with E-state index in [2.05, 4.69) is 541 Å². The van der Waals surface area contributed by atoms with Crippen LogP contribution in [0.3, 0.4) is 0 Å². The van der Waals surface area contributed by atoms with Crippen molar-refractivity contribution < 1.29 is 0 Å². The lowest BCUT2D eigenvalue weighted by Crippen LogP contribution is -2.33. The molecule has 30 rings (SSSR count). The third-order valence-corrected chi connectivity index (χ3v) is 32.3. The van der Waals surface area contributed by atoms with Gasteiger partial charge in [-0.15, -0.1) is 0 Å². The summed E-state index contributed by atoms with van der Waals surface area (Å²) in [6, 6.07) is 198. The first kappa shape index (κ1) is 78.4. The van der Waals surface area contributed by atoms with Gasteiger partial charge in [-0.3, -0.25) is 0 Å². The fourth-order valence-corrected chi connectivity index (χ4v) is 26.9. The Morgan fingerprint density at radius 3 is 1.05 bits per heavy atom. The van der Waals surface area contributed by atoms with Crippen LogP contribution in [0.4, 0.5) is 34.1 Å². The SMILES string of the molecule is c1ccc(-c2ccc(N(c3cccc4c3-c3ccccc3C4(c3ccccc3)c3ccc(-c4ccc5c(c4)c4cccc6c4n5-c4ccccc4C64c5ccccc5-c5ccc(N(c6ccc(C7(c8ccccc8)c8ccccc8-c8ccccc87)cc6)c6cccc(-c7ccccc7)c6)cc54)cc3)c3cccc4c3-c3ccccc3C43c4ccccc4-n4c5ccccc5c5cccc3c54)cc2)cc1. The van der Waals surface area contributed by atoms with Gasteiger partial charge in [0.25, 0.3) is 0 Å². The second-order valence-electron chi connectivity index (χ2n) is 38.6. The Morgan fingerprint density at radius 1 is 0.157 bits per heavy atom. The highest BCUT2D eigenvalue weighted by atomic mass is 15.2. The summed E-state index contributed by atoms with van der Waals surface area (Å²) >= 11 is 0. The molecule has 2 aromatic heterocycles. The number of hydrogen-bond acceptors (Lipinski definition) is 2. The molecule has 0 radical (unpaired) electrons. The maximum atomic E-state index is 2.62. The Morgan fingerprint density at radius 2 is 0.479 bits per heavy atom. The molecule has 3 atom stereocenters. The standard InChI is InChI=1S/C136H86N4/c1-5-34-87(35-6-1)89-70-77-98(78-71-89)138(128-67-33-60-119-130(128)109-49-17-23-56-115(109)135(119)116-57-24-27-64-125(116)139-123-63-26-18-47-105(123)106-50-30-61-120(135)131(106)139)127-66-32-59-118-129(127)108-48-16-22-55-114(108)134(118,94-41-11-4-12-42-94)95-73-68-90(69-74-95)92-72-83-124-110(85-92)107-51-31-62-121-132(107)140(124)126-65-28-25-58-117(126)136(121)113-54-21-15-46-103(113)104-82-81-100(86-122(104)136)137(99-43-29-38-91(84-99)88-36-7-2-8-37-88)97-79-75-96(76-80-97)133(93-39-9-3-10-40-93)111-52-19-13-44-101(111)102-45-14-20-53-112(102)133/h1-86H. The Balaban J connectivity index is 0.571. The molecule has 4 heterocycles. The summed E-state index contributed by atoms with van der Waals surface area (Å²) in [5.74, 6) is 0. The smallest absolute Gasteiger partial charge is 0.0755 e. The number of hydrogen-bond donors (Lipinski definition) is 0. The van der Waals surface area contributed by atoms with Crippen molar-refractivity contribution in [3.05, 3.63) is 611 Å². The Kier molecular flexibility index (Phi) is 16.7. The summed E-state index contributed by atoms with van der Waals surface area (Å²) in [4.78, 5) is 5.12. The molecule has 0 bridgehead atoms. The molecular formula is C136H86N4. The molecule has 2 spiro atoms. The van der Waals surface area contributed by atoms with Crippen LogP contribution in [-0.2, 0) is 21.7 Å². The third-order valence-electron chi connectivity index (χ3n) is 32.3. The molecule has 0 N–H and O–H groups in total. The van der Waals surface area contributed by atoms with E-state index < -0.39 is 21.7 Å². The first-order valence-corrected chi connectivity index (χ1v) is 48.9. The molecule has 650 valence electrons. The molecule has 22 aromatic carbocycles. The maximum absolute atomic E-state index is 2.62. The largest absolute Gasteiger partial charge is 0.310 e. The number of para-hydroxylation sites is 5. The van der Waals surface area contributed by atoms with Gasteiger partial charge in [0.2, 0.25) is 0 Å². The zero-order chi connectivity index (χ0) is 91.7. The van der Waals surface area contributed by atoms with Crippen molar-refractivity contribution in [3.8, 4) is 89.3 Å². The average molecular weight is 1780 g/mol. The van der Waals surface area contributed by atoms with Crippen LogP contribution in [0.2, 0.25) is 0 Å². The molecule has 24 aromatic rings. The molecule has 0 saturated heterocycles. The minimum atomic E-state index is -0.756. The summed E-state index contributed by atoms with van der Waals surface area (Å²) in [7, 11) is 0. The Hall–Kier alpha value is -18.0. The van der Waals surface area contributed by atoms with E-state index in [4.69, 9.17) is 0 Å². The van der Waals surface area contributed by atoms with Gasteiger partial charge in [-0.25, -0.2) is 0 Å². The van der Waals surface area contributed by atoms with E-state index in [-0.39, 0.29) is 0 Å². The van der Waals surface area contributed by atoms with Gasteiger partial charge in [0.05, 0.1) is 66.5 Å². The molecule has 140 heavy (non-hydrogen) atoms. The van der Waals surface area contributed by atoms with Crippen LogP contribution >= 0.6 is 0 Å². The normalized spacial score (nSPS) is 16.1. The lowest BCUT2D eigenvalue weighted by Gasteiger charge is -2.40. The van der Waals surface area contributed by atoms with Gasteiger partial charge >= 0.3 is 0 Å². The monoisotopic (exact) mass is 1770 g/mol. The molecular weight excluding hydrogens is 1690 g/mol. The van der Waals surface area contributed by atoms with E-state index in [0.29, 0.717) is 0 Å². The molecule has 0 fully saturated rings. The zero-order valence-corrected chi connectivity index (χ0v) is 76.4. The zero-order valence-electron chi connectivity index (χ0n) is 76.4. The van der Waals surface area contributed by atoms with Crippen molar-refractivity contribution >= 4 is 77.7 Å². The van der Waals surface area contributed by atoms with E-state index in [1.807, 2.05) is 0 Å². The first-order valence-electron chi connectivity index (χ1n) is 48.9. The lowest BCUT2D eigenvalue weighted by molar-refractivity contribution is 0.748. The van der Waals surface area contributed by atoms with Crippen LogP contribution < -0.4 is 9.80 Å². The fraction of sp³-hybridized carbons (Fsp3) is 0.0294. The highest BCUT2D eigenvalue weighted by molar-refractivity contribution is 6.16. The van der Waals surface area contributed by atoms with E-state index >= 15 is 0 Å². The van der Waals surface area contributed by atoms with E-state index in [9.17, 15) is 0 Å². The van der Waals surface area contributed by atoms with E-state index in [1.165, 1.54) is 200 Å². The number of fused-ring (bicyclic) bond motifs is 30. The highest BCUT2D eigenvalue weighted by Crippen LogP contribution is 2.68. The summed E-state index contributed by atoms with van der Waals surface area (Å²) < 4.78 is 5.14. The van der Waals surface area contributed by atoms with E-state index in [0.717, 1.165) is 56.4 Å². The van der Waals surface area contributed by atoms with Crippen LogP contribution in [0.25, 0.3) is 133 Å². The summed E-state index contributed by atoms with van der Waals surface area (Å²) in [6.45, 7) is 0. The number of benzene rings is 22. The Bertz CT molecular complexity index is 9270. The molecule has 4 aliphatic carbocycles. The molecule has 0 saturated carbocycles. The van der Waals surface area contributed by atoms with Crippen LogP contribution in [-0.4, -0.2) is 9.13 Å². The fourth-order valence-electron chi connectivity index (χ4n) is 26.9. The van der Waals surface area contributed by atoms with Crippen molar-refractivity contribution in [3.63, 3.8) is 0 Å². The maximum Gasteiger partial charge on any atom is 0.0755 e. The van der Waals surface area contributed by atoms with Crippen molar-refractivity contribution in [2.45, 2.75) is 21.7 Å². The minimum absolute atomic E-state index is 0.553. The second-order valence-corrected chi connectivity index (χ2v) is 38.6. The predicted molar refractivity (Wildman–Crippen MR) is 577 cm³/mol. The van der Waals surface area contributed by atoms with Gasteiger partial charge in [-0.05, 0) is 247 Å². The lowest BCUT2D eigenvalue weighted by atomic mass is 9.65. The topological polar surface area (TPSA) is 16.3 Å². The van der Waals surface area contributed by atoms with Crippen molar-refractivity contribution in [1.29, 1.82) is 0 Å². The van der Waals surface area contributed by atoms with E-state index in [1.54, 1.807) is 0 Å². The van der Waals surface area contributed by atoms with Crippen molar-refractivity contribution in [1.82, 2.24) is 9.13 Å². The van der Waals surface area contributed by atoms with Crippen molar-refractivity contribution in [2.75, 3.05) is 9.80 Å². The van der Waals surface area contributed by atoms with Gasteiger partial charge in [0.1, 0.15) is 0 Å². The predicted octanol–water partition coefficient (Wildman–Crippen LogP) is 33.9. The third kappa shape index (κ3) is 10.4. The number of aromatic nitrogens is 2. The van der Waals surface area contributed by atoms with Gasteiger partial charge in [0.15, 0.2) is 0 Å². The first-order chi connectivity index (χ1) is 69.5. The summed E-state index contributed by atoms with van der Waals surface area (Å²) in [5.41, 5.74) is 48.0. The van der Waals surface area contributed by atoms with Crippen LogP contribution in [0.5, 0.6) is 0 Å². The Labute approximate surface area is 812 Å². The number of anilines is 6. The summed E-state index contributed by atoms with van der Waals surface area (Å²) in [5, 5.41) is 4.95. The van der Waals surface area contributed by atoms with Crippen molar-refractivity contribution in [2.24, 2.45) is 0 Å². The van der Waals surface area contributed by atoms with Crippen LogP contribution in [0, 0.1) is 0 Å². The van der Waals surface area contributed by atoms with Gasteiger partial charge < -0.3 is 18.9 Å². The number of nitrogens with zero attached hydrogens (tertiary/aromatic N) is 4. The molecule has 4 heteroatoms. The average Bonchev–Trinajstić information content (AvgIpc) is 1.49. The highest BCUT2D eigenvalue weighted by Gasteiger charge is 2.56. The van der Waals surface area contributed by atoms with Gasteiger partial charge in [-0.1, -0.05) is 431 Å². The molecule has 0 amide bonds. The van der Waals surface area contributed by atoms with Crippen LogP contribution in [0.15, 0.2) is 522 Å². The molecule has 6 aliphatic rings. The molecule has 2 aliphatic heterocycles.